The number of hydrogen-bond donors (Lipinski definition) is 2. The normalized spacial score (nSPS) is 12.2. The first-order chi connectivity index (χ1) is 7.65. The van der Waals surface area contributed by atoms with Gasteiger partial charge in [0, 0.05) is 12.1 Å². The van der Waals surface area contributed by atoms with Gasteiger partial charge in [-0.15, -0.1) is 0 Å². The molecule has 0 radical (unpaired) electrons. The molecule has 88 valence electrons. The van der Waals surface area contributed by atoms with Gasteiger partial charge in [-0.1, -0.05) is 18.2 Å². The van der Waals surface area contributed by atoms with Crippen molar-refractivity contribution in [3.63, 3.8) is 0 Å². The highest BCUT2D eigenvalue weighted by molar-refractivity contribution is 5.71. The SMILES string of the molecule is COC(=O)CNCC(O)c1ccccc1F. The zero-order valence-electron chi connectivity index (χ0n) is 8.94. The lowest BCUT2D eigenvalue weighted by Crippen LogP contribution is -2.28. The summed E-state index contributed by atoms with van der Waals surface area (Å²) >= 11 is 0. The predicted molar refractivity (Wildman–Crippen MR) is 56.2 cm³/mol. The highest BCUT2D eigenvalue weighted by Gasteiger charge is 2.12. The maximum Gasteiger partial charge on any atom is 0.319 e. The maximum atomic E-state index is 13.2. The van der Waals surface area contributed by atoms with E-state index in [2.05, 4.69) is 10.1 Å². The van der Waals surface area contributed by atoms with Crippen LogP contribution in [0.25, 0.3) is 0 Å². The molecular formula is C11H14FNO3. The molecule has 1 aromatic carbocycles. The molecule has 16 heavy (non-hydrogen) atoms. The summed E-state index contributed by atoms with van der Waals surface area (Å²) in [4.78, 5) is 10.8. The largest absolute Gasteiger partial charge is 0.468 e. The molecule has 0 amide bonds. The van der Waals surface area contributed by atoms with E-state index in [0.717, 1.165) is 0 Å². The molecule has 0 saturated carbocycles. The molecule has 0 aliphatic heterocycles. The number of methoxy groups -OCH3 is 1. The average Bonchev–Trinajstić information content (AvgIpc) is 2.29. The van der Waals surface area contributed by atoms with Crippen molar-refractivity contribution in [3.8, 4) is 0 Å². The third-order valence-corrected chi connectivity index (χ3v) is 2.10. The highest BCUT2D eigenvalue weighted by Crippen LogP contribution is 2.15. The molecule has 1 aromatic rings. The van der Waals surface area contributed by atoms with Crippen LogP contribution in [0.2, 0.25) is 0 Å². The van der Waals surface area contributed by atoms with E-state index >= 15 is 0 Å². The minimum absolute atomic E-state index is 0.0119. The standard InChI is InChI=1S/C11H14FNO3/c1-16-11(15)7-13-6-10(14)8-4-2-3-5-9(8)12/h2-5,10,13-14H,6-7H2,1H3. The molecule has 1 rings (SSSR count). The Morgan fingerprint density at radius 1 is 1.56 bits per heavy atom. The van der Waals surface area contributed by atoms with Gasteiger partial charge in [0.15, 0.2) is 0 Å². The lowest BCUT2D eigenvalue weighted by Gasteiger charge is -2.12. The zero-order valence-corrected chi connectivity index (χ0v) is 8.94. The van der Waals surface area contributed by atoms with E-state index in [1.54, 1.807) is 12.1 Å². The molecule has 0 fully saturated rings. The average molecular weight is 227 g/mol. The van der Waals surface area contributed by atoms with Gasteiger partial charge < -0.3 is 15.2 Å². The Bertz CT molecular complexity index is 357. The van der Waals surface area contributed by atoms with E-state index in [-0.39, 0.29) is 18.7 Å². The summed E-state index contributed by atoms with van der Waals surface area (Å²) in [7, 11) is 1.28. The summed E-state index contributed by atoms with van der Waals surface area (Å²) in [6, 6.07) is 5.97. The van der Waals surface area contributed by atoms with Crippen LogP contribution in [-0.2, 0) is 9.53 Å². The Labute approximate surface area is 93.0 Å². The van der Waals surface area contributed by atoms with Gasteiger partial charge in [0.25, 0.3) is 0 Å². The maximum absolute atomic E-state index is 13.2. The first-order valence-electron chi connectivity index (χ1n) is 4.85. The second kappa shape index (κ2) is 6.19. The molecule has 0 aliphatic carbocycles. The van der Waals surface area contributed by atoms with Crippen LogP contribution in [0.5, 0.6) is 0 Å². The van der Waals surface area contributed by atoms with E-state index in [1.165, 1.54) is 19.2 Å². The van der Waals surface area contributed by atoms with Crippen LogP contribution >= 0.6 is 0 Å². The third-order valence-electron chi connectivity index (χ3n) is 2.10. The quantitative estimate of drug-likeness (QED) is 0.724. The first-order valence-corrected chi connectivity index (χ1v) is 4.85. The van der Waals surface area contributed by atoms with Gasteiger partial charge in [0.1, 0.15) is 5.82 Å². The zero-order chi connectivity index (χ0) is 12.0. The molecule has 1 unspecified atom stereocenters. The Kier molecular flexibility index (Phi) is 4.88. The number of carbonyl (C=O) groups is 1. The molecule has 0 spiro atoms. The molecule has 0 aliphatic rings. The fourth-order valence-corrected chi connectivity index (χ4v) is 1.24. The van der Waals surface area contributed by atoms with Gasteiger partial charge in [-0.2, -0.15) is 0 Å². The lowest BCUT2D eigenvalue weighted by molar-refractivity contribution is -0.139. The summed E-state index contributed by atoms with van der Waals surface area (Å²) < 4.78 is 17.6. The smallest absolute Gasteiger partial charge is 0.319 e. The molecule has 0 aromatic heterocycles. The van der Waals surface area contributed by atoms with Gasteiger partial charge in [0.2, 0.25) is 0 Å². The number of rotatable bonds is 5. The second-order valence-corrected chi connectivity index (χ2v) is 3.24. The Morgan fingerprint density at radius 2 is 2.25 bits per heavy atom. The van der Waals surface area contributed by atoms with Crippen LogP contribution in [0.15, 0.2) is 24.3 Å². The molecule has 2 N–H and O–H groups in total. The molecule has 1 atom stereocenters. The second-order valence-electron chi connectivity index (χ2n) is 3.24. The molecule has 5 heteroatoms. The molecule has 4 nitrogen and oxygen atoms in total. The summed E-state index contributed by atoms with van der Waals surface area (Å²) in [5.41, 5.74) is 0.208. The van der Waals surface area contributed by atoms with Crippen molar-refractivity contribution in [2.45, 2.75) is 6.10 Å². The predicted octanol–water partition coefficient (Wildman–Crippen LogP) is 0.622. The van der Waals surface area contributed by atoms with Crippen molar-refractivity contribution in [1.29, 1.82) is 0 Å². The molecular weight excluding hydrogens is 213 g/mol. The van der Waals surface area contributed by atoms with Crippen LogP contribution in [0.4, 0.5) is 4.39 Å². The van der Waals surface area contributed by atoms with E-state index in [4.69, 9.17) is 0 Å². The highest BCUT2D eigenvalue weighted by atomic mass is 19.1. The van der Waals surface area contributed by atoms with Crippen molar-refractivity contribution < 1.29 is 19.0 Å². The molecule has 0 heterocycles. The van der Waals surface area contributed by atoms with Gasteiger partial charge in [-0.25, -0.2) is 4.39 Å². The fraction of sp³-hybridized carbons (Fsp3) is 0.364. The minimum Gasteiger partial charge on any atom is -0.468 e. The van der Waals surface area contributed by atoms with Gasteiger partial charge in [0.05, 0.1) is 19.8 Å². The monoisotopic (exact) mass is 227 g/mol. The van der Waals surface area contributed by atoms with E-state index < -0.39 is 17.9 Å². The molecule has 0 bridgehead atoms. The van der Waals surface area contributed by atoms with Gasteiger partial charge in [-0.05, 0) is 6.07 Å². The Balaban J connectivity index is 2.44. The number of carbonyl (C=O) groups excluding carboxylic acids is 1. The lowest BCUT2D eigenvalue weighted by atomic mass is 10.1. The van der Waals surface area contributed by atoms with E-state index in [1.807, 2.05) is 0 Å². The van der Waals surface area contributed by atoms with Crippen LogP contribution in [0.1, 0.15) is 11.7 Å². The number of nitrogens with one attached hydrogen (secondary N) is 1. The number of halogens is 1. The van der Waals surface area contributed by atoms with Crippen LogP contribution in [0, 0.1) is 5.82 Å². The number of aliphatic hydroxyl groups excluding tert-OH is 1. The van der Waals surface area contributed by atoms with Crippen molar-refractivity contribution >= 4 is 5.97 Å². The van der Waals surface area contributed by atoms with Crippen molar-refractivity contribution in [1.82, 2.24) is 5.32 Å². The van der Waals surface area contributed by atoms with E-state index in [0.29, 0.717) is 0 Å². The van der Waals surface area contributed by atoms with Crippen LogP contribution in [0.3, 0.4) is 0 Å². The van der Waals surface area contributed by atoms with Crippen molar-refractivity contribution in [2.75, 3.05) is 20.2 Å². The topological polar surface area (TPSA) is 58.6 Å². The van der Waals surface area contributed by atoms with Gasteiger partial charge >= 0.3 is 5.97 Å². The summed E-state index contributed by atoms with van der Waals surface area (Å²) in [6.07, 6.45) is -0.981. The Hall–Kier alpha value is -1.46. The third kappa shape index (κ3) is 3.60. The number of esters is 1. The summed E-state index contributed by atoms with van der Waals surface area (Å²) in [5, 5.41) is 12.3. The fourth-order valence-electron chi connectivity index (χ4n) is 1.24. The van der Waals surface area contributed by atoms with Crippen LogP contribution in [-0.4, -0.2) is 31.3 Å². The van der Waals surface area contributed by atoms with Gasteiger partial charge in [-0.3, -0.25) is 4.79 Å². The van der Waals surface area contributed by atoms with Crippen molar-refractivity contribution in [3.05, 3.63) is 35.6 Å². The number of ether oxygens (including phenoxy) is 1. The first kappa shape index (κ1) is 12.6. The number of aliphatic hydroxyl groups is 1. The number of hydrogen-bond acceptors (Lipinski definition) is 4. The van der Waals surface area contributed by atoms with Crippen LogP contribution < -0.4 is 5.32 Å². The van der Waals surface area contributed by atoms with E-state index in [9.17, 15) is 14.3 Å². The van der Waals surface area contributed by atoms with Crippen molar-refractivity contribution in [2.24, 2.45) is 0 Å². The minimum atomic E-state index is -0.981. The Morgan fingerprint density at radius 3 is 2.88 bits per heavy atom. The number of benzene rings is 1. The molecule has 0 saturated heterocycles. The summed E-state index contributed by atoms with van der Waals surface area (Å²) in [6.45, 7) is 0.0814. The summed E-state index contributed by atoms with van der Waals surface area (Å²) in [5.74, 6) is -0.893.